The van der Waals surface area contributed by atoms with Crippen LogP contribution >= 0.6 is 0 Å². The maximum Gasteiger partial charge on any atom is 0.249 e. The lowest BCUT2D eigenvalue weighted by Crippen LogP contribution is -2.31. The second kappa shape index (κ2) is 4.93. The van der Waals surface area contributed by atoms with E-state index < -0.39 is 23.6 Å². The Bertz CT molecular complexity index is 713. The third-order valence-corrected chi connectivity index (χ3v) is 3.67. The van der Waals surface area contributed by atoms with Crippen molar-refractivity contribution in [2.45, 2.75) is 19.5 Å². The topological polar surface area (TPSA) is 46.3 Å². The molecule has 1 aliphatic heterocycles. The summed E-state index contributed by atoms with van der Waals surface area (Å²) in [4.78, 5) is 13.5. The van der Waals surface area contributed by atoms with Crippen molar-refractivity contribution in [1.82, 2.24) is 0 Å². The zero-order valence-electron chi connectivity index (χ0n) is 11.4. The molecular formula is C16H14F2N2O. The highest BCUT2D eigenvalue weighted by atomic mass is 19.1. The van der Waals surface area contributed by atoms with Gasteiger partial charge in [0.15, 0.2) is 0 Å². The number of hydrogen-bond donors (Lipinski definition) is 1. The second-order valence-electron chi connectivity index (χ2n) is 5.21. The van der Waals surface area contributed by atoms with Gasteiger partial charge in [0.25, 0.3) is 0 Å². The number of aryl methyl sites for hydroxylation is 1. The summed E-state index contributed by atoms with van der Waals surface area (Å²) in [7, 11) is 0. The molecule has 1 heterocycles. The fourth-order valence-corrected chi connectivity index (χ4v) is 2.55. The van der Waals surface area contributed by atoms with Gasteiger partial charge in [-0.15, -0.1) is 0 Å². The van der Waals surface area contributed by atoms with Gasteiger partial charge >= 0.3 is 0 Å². The number of hydrogen-bond acceptors (Lipinski definition) is 2. The summed E-state index contributed by atoms with van der Waals surface area (Å²) in [6.45, 7) is 2.20. The van der Waals surface area contributed by atoms with Crippen molar-refractivity contribution in [1.29, 1.82) is 0 Å². The van der Waals surface area contributed by atoms with Gasteiger partial charge in [0.05, 0.1) is 12.2 Å². The molecule has 3 rings (SSSR count). The van der Waals surface area contributed by atoms with Crippen LogP contribution in [0.3, 0.4) is 0 Å². The van der Waals surface area contributed by atoms with Crippen molar-refractivity contribution in [3.63, 3.8) is 0 Å². The lowest BCUT2D eigenvalue weighted by molar-refractivity contribution is -0.119. The summed E-state index contributed by atoms with van der Waals surface area (Å²) in [6, 6.07) is 8.42. The summed E-state index contributed by atoms with van der Waals surface area (Å²) < 4.78 is 27.3. The lowest BCUT2D eigenvalue weighted by Gasteiger charge is -2.18. The molecule has 0 spiro atoms. The Morgan fingerprint density at radius 2 is 1.86 bits per heavy atom. The molecule has 21 heavy (non-hydrogen) atoms. The van der Waals surface area contributed by atoms with Gasteiger partial charge < -0.3 is 10.6 Å². The summed E-state index contributed by atoms with van der Waals surface area (Å²) in [5, 5.41) is 0. The summed E-state index contributed by atoms with van der Waals surface area (Å²) in [5.41, 5.74) is 8.00. The molecule has 1 amide bonds. The van der Waals surface area contributed by atoms with E-state index in [1.807, 2.05) is 31.2 Å². The molecule has 108 valence electrons. The zero-order valence-corrected chi connectivity index (χ0v) is 11.4. The third-order valence-electron chi connectivity index (χ3n) is 3.67. The van der Waals surface area contributed by atoms with Gasteiger partial charge in [-0.2, -0.15) is 0 Å². The van der Waals surface area contributed by atoms with E-state index in [-0.39, 0.29) is 17.8 Å². The van der Waals surface area contributed by atoms with Crippen LogP contribution in [0.2, 0.25) is 0 Å². The lowest BCUT2D eigenvalue weighted by atomic mass is 10.1. The molecule has 0 aliphatic carbocycles. The molecule has 0 saturated carbocycles. The Morgan fingerprint density at radius 3 is 2.52 bits per heavy atom. The molecule has 1 unspecified atom stereocenters. The van der Waals surface area contributed by atoms with Gasteiger partial charge in [0.2, 0.25) is 5.91 Å². The fourth-order valence-electron chi connectivity index (χ4n) is 2.55. The van der Waals surface area contributed by atoms with Gasteiger partial charge in [-0.3, -0.25) is 4.79 Å². The second-order valence-corrected chi connectivity index (χ2v) is 5.21. The van der Waals surface area contributed by atoms with Crippen molar-refractivity contribution in [3.8, 4) is 0 Å². The minimum Gasteiger partial charge on any atom is -0.316 e. The first-order valence-electron chi connectivity index (χ1n) is 6.59. The van der Waals surface area contributed by atoms with Crippen LogP contribution in [-0.2, 0) is 11.3 Å². The molecule has 0 saturated heterocycles. The SMILES string of the molecule is Cc1ccc(CN2C(=O)C(N)c3c(F)cc(F)cc32)cc1. The number of nitrogens with two attached hydrogens (primary N) is 1. The van der Waals surface area contributed by atoms with Crippen LogP contribution in [0.4, 0.5) is 14.5 Å². The number of carbonyl (C=O) groups is 1. The number of carbonyl (C=O) groups excluding carboxylic acids is 1. The zero-order chi connectivity index (χ0) is 15.1. The van der Waals surface area contributed by atoms with Gasteiger partial charge in [-0.25, -0.2) is 8.78 Å². The van der Waals surface area contributed by atoms with Crippen LogP contribution in [0.1, 0.15) is 22.7 Å². The highest BCUT2D eigenvalue weighted by Gasteiger charge is 2.37. The Hall–Kier alpha value is -2.27. The molecular weight excluding hydrogens is 274 g/mol. The summed E-state index contributed by atoms with van der Waals surface area (Å²) in [6.07, 6.45) is 0. The van der Waals surface area contributed by atoms with Crippen LogP contribution < -0.4 is 10.6 Å². The number of halogens is 2. The average molecular weight is 288 g/mol. The molecule has 2 aromatic carbocycles. The maximum absolute atomic E-state index is 13.8. The molecule has 1 atom stereocenters. The normalized spacial score (nSPS) is 17.2. The van der Waals surface area contributed by atoms with E-state index in [1.54, 1.807) is 0 Å². The van der Waals surface area contributed by atoms with E-state index in [2.05, 4.69) is 0 Å². The van der Waals surface area contributed by atoms with Crippen LogP contribution in [0.15, 0.2) is 36.4 Å². The molecule has 2 aromatic rings. The first kappa shape index (κ1) is 13.7. The first-order chi connectivity index (χ1) is 9.97. The van der Waals surface area contributed by atoms with E-state index >= 15 is 0 Å². The van der Waals surface area contributed by atoms with Gasteiger partial charge in [-0.1, -0.05) is 29.8 Å². The van der Waals surface area contributed by atoms with Gasteiger partial charge in [0.1, 0.15) is 17.7 Å². The monoisotopic (exact) mass is 288 g/mol. The van der Waals surface area contributed by atoms with Crippen molar-refractivity contribution in [2.75, 3.05) is 4.90 Å². The number of fused-ring (bicyclic) bond motifs is 1. The van der Waals surface area contributed by atoms with Gasteiger partial charge in [-0.05, 0) is 18.6 Å². The van der Waals surface area contributed by atoms with E-state index in [9.17, 15) is 13.6 Å². The van der Waals surface area contributed by atoms with Gasteiger partial charge in [0, 0.05) is 11.6 Å². The molecule has 3 nitrogen and oxygen atoms in total. The average Bonchev–Trinajstić information content (AvgIpc) is 2.66. The van der Waals surface area contributed by atoms with Crippen molar-refractivity contribution in [2.24, 2.45) is 5.73 Å². The minimum atomic E-state index is -1.08. The minimum absolute atomic E-state index is 0.0634. The van der Waals surface area contributed by atoms with Crippen molar-refractivity contribution < 1.29 is 13.6 Å². The molecule has 0 radical (unpaired) electrons. The maximum atomic E-state index is 13.8. The molecule has 2 N–H and O–H groups in total. The van der Waals surface area contributed by atoms with Crippen LogP contribution in [0, 0.1) is 18.6 Å². The Balaban J connectivity index is 2.01. The predicted octanol–water partition coefficient (Wildman–Crippen LogP) is 2.82. The fraction of sp³-hybridized carbons (Fsp3) is 0.188. The van der Waals surface area contributed by atoms with E-state index in [0.29, 0.717) is 0 Å². The standard InChI is InChI=1S/C16H14F2N2O/c1-9-2-4-10(5-3-9)8-20-13-7-11(17)6-12(18)14(13)15(19)16(20)21/h2-7,15H,8,19H2,1H3. The number of benzene rings is 2. The number of nitrogens with zero attached hydrogens (tertiary/aromatic N) is 1. The molecule has 1 aliphatic rings. The van der Waals surface area contributed by atoms with E-state index in [0.717, 1.165) is 23.3 Å². The predicted molar refractivity (Wildman–Crippen MR) is 75.7 cm³/mol. The molecule has 0 fully saturated rings. The largest absolute Gasteiger partial charge is 0.316 e. The van der Waals surface area contributed by atoms with E-state index in [1.165, 1.54) is 4.90 Å². The molecule has 0 bridgehead atoms. The number of anilines is 1. The van der Waals surface area contributed by atoms with Crippen molar-refractivity contribution >= 4 is 11.6 Å². The van der Waals surface area contributed by atoms with Crippen LogP contribution in [0.5, 0.6) is 0 Å². The molecule has 0 aromatic heterocycles. The van der Waals surface area contributed by atoms with Crippen LogP contribution in [-0.4, -0.2) is 5.91 Å². The number of rotatable bonds is 2. The van der Waals surface area contributed by atoms with E-state index in [4.69, 9.17) is 5.73 Å². The van der Waals surface area contributed by atoms with Crippen molar-refractivity contribution in [3.05, 3.63) is 64.7 Å². The number of amides is 1. The summed E-state index contributed by atoms with van der Waals surface area (Å²) >= 11 is 0. The first-order valence-corrected chi connectivity index (χ1v) is 6.59. The Kier molecular flexibility index (Phi) is 3.22. The quantitative estimate of drug-likeness (QED) is 0.923. The Morgan fingerprint density at radius 1 is 1.19 bits per heavy atom. The van der Waals surface area contributed by atoms with Crippen LogP contribution in [0.25, 0.3) is 0 Å². The summed E-state index contributed by atoms with van der Waals surface area (Å²) in [5.74, 6) is -1.92. The highest BCUT2D eigenvalue weighted by Crippen LogP contribution is 2.37. The Labute approximate surface area is 121 Å². The smallest absolute Gasteiger partial charge is 0.249 e. The third kappa shape index (κ3) is 2.29. The highest BCUT2D eigenvalue weighted by molar-refractivity contribution is 6.04. The molecule has 5 heteroatoms.